The summed E-state index contributed by atoms with van der Waals surface area (Å²) in [4.78, 5) is 11.4. The fourth-order valence-electron chi connectivity index (χ4n) is 1.39. The van der Waals surface area contributed by atoms with Gasteiger partial charge in [-0.25, -0.2) is 0 Å². The van der Waals surface area contributed by atoms with E-state index in [-0.39, 0.29) is 0 Å². The predicted molar refractivity (Wildman–Crippen MR) is 53.2 cm³/mol. The molecule has 72 valence electrons. The van der Waals surface area contributed by atoms with E-state index in [0.29, 0.717) is 11.7 Å². The molecule has 0 aliphatic carbocycles. The lowest BCUT2D eigenvalue weighted by molar-refractivity contribution is -0.122. The summed E-state index contributed by atoms with van der Waals surface area (Å²) in [6.45, 7) is 6.35. The Kier molecular flexibility index (Phi) is 7.12. The summed E-state index contributed by atoms with van der Waals surface area (Å²) in [5.41, 5.74) is 0. The minimum Gasteiger partial charge on any atom is -0.299 e. The van der Waals surface area contributed by atoms with E-state index in [9.17, 15) is 4.79 Å². The van der Waals surface area contributed by atoms with Crippen LogP contribution in [0.3, 0.4) is 0 Å². The van der Waals surface area contributed by atoms with E-state index in [4.69, 9.17) is 0 Å². The molecule has 0 aromatic heterocycles. The van der Waals surface area contributed by atoms with Gasteiger partial charge in [0.15, 0.2) is 0 Å². The molecule has 0 aliphatic heterocycles. The summed E-state index contributed by atoms with van der Waals surface area (Å²) in [6, 6.07) is 0. The van der Waals surface area contributed by atoms with Crippen LogP contribution in [0, 0.1) is 5.92 Å². The molecule has 0 saturated heterocycles. The number of ketones is 1. The first-order valence-corrected chi connectivity index (χ1v) is 5.25. The fourth-order valence-corrected chi connectivity index (χ4v) is 1.39. The standard InChI is InChI=1S/C11H22O/c1-4-6-7-9-11(12)10(3)8-5-2/h10H,4-9H2,1-3H3/t10-/m0/s1. The van der Waals surface area contributed by atoms with Crippen LogP contribution in [0.1, 0.15) is 59.3 Å². The first-order valence-electron chi connectivity index (χ1n) is 5.25. The summed E-state index contributed by atoms with van der Waals surface area (Å²) in [7, 11) is 0. The summed E-state index contributed by atoms with van der Waals surface area (Å²) in [6.07, 6.45) is 6.48. The van der Waals surface area contributed by atoms with Crippen LogP contribution in [0.4, 0.5) is 0 Å². The molecular weight excluding hydrogens is 148 g/mol. The van der Waals surface area contributed by atoms with Crippen molar-refractivity contribution in [3.8, 4) is 0 Å². The molecule has 0 amide bonds. The molecule has 0 aromatic carbocycles. The van der Waals surface area contributed by atoms with Gasteiger partial charge in [-0.05, 0) is 12.8 Å². The smallest absolute Gasteiger partial charge is 0.135 e. The summed E-state index contributed by atoms with van der Waals surface area (Å²) < 4.78 is 0. The van der Waals surface area contributed by atoms with Crippen LogP contribution in [0.5, 0.6) is 0 Å². The number of unbranched alkanes of at least 4 members (excludes halogenated alkanes) is 2. The normalized spacial score (nSPS) is 12.9. The first kappa shape index (κ1) is 11.7. The van der Waals surface area contributed by atoms with Crippen LogP contribution in [-0.2, 0) is 4.79 Å². The number of hydrogen-bond donors (Lipinski definition) is 0. The maximum atomic E-state index is 11.4. The van der Waals surface area contributed by atoms with Crippen LogP contribution in [0.25, 0.3) is 0 Å². The van der Waals surface area contributed by atoms with Gasteiger partial charge in [0.2, 0.25) is 0 Å². The van der Waals surface area contributed by atoms with Crippen molar-refractivity contribution < 1.29 is 4.79 Å². The Morgan fingerprint density at radius 3 is 2.33 bits per heavy atom. The third kappa shape index (κ3) is 5.34. The third-order valence-corrected chi connectivity index (χ3v) is 2.30. The monoisotopic (exact) mass is 170 g/mol. The van der Waals surface area contributed by atoms with Crippen molar-refractivity contribution in [3.63, 3.8) is 0 Å². The van der Waals surface area contributed by atoms with E-state index in [1.165, 1.54) is 12.8 Å². The summed E-state index contributed by atoms with van der Waals surface area (Å²) >= 11 is 0. The molecule has 0 unspecified atom stereocenters. The van der Waals surface area contributed by atoms with Crippen molar-refractivity contribution in [2.24, 2.45) is 5.92 Å². The SMILES string of the molecule is CCCCCC(=O)[C@@H](C)CCC. The fraction of sp³-hybridized carbons (Fsp3) is 0.909. The van der Waals surface area contributed by atoms with Gasteiger partial charge < -0.3 is 0 Å². The second kappa shape index (κ2) is 7.33. The molecule has 0 heterocycles. The van der Waals surface area contributed by atoms with Crippen LogP contribution in [0.15, 0.2) is 0 Å². The van der Waals surface area contributed by atoms with Crippen LogP contribution in [-0.4, -0.2) is 5.78 Å². The van der Waals surface area contributed by atoms with Crippen LogP contribution < -0.4 is 0 Å². The molecule has 0 fully saturated rings. The zero-order valence-electron chi connectivity index (χ0n) is 8.73. The molecule has 0 aromatic rings. The van der Waals surface area contributed by atoms with Crippen LogP contribution >= 0.6 is 0 Å². The Bertz CT molecular complexity index is 118. The van der Waals surface area contributed by atoms with Gasteiger partial charge in [0.25, 0.3) is 0 Å². The highest BCUT2D eigenvalue weighted by atomic mass is 16.1. The molecule has 1 heteroatoms. The average Bonchev–Trinajstić information content (AvgIpc) is 2.05. The van der Waals surface area contributed by atoms with E-state index < -0.39 is 0 Å². The lowest BCUT2D eigenvalue weighted by Crippen LogP contribution is -2.09. The van der Waals surface area contributed by atoms with Gasteiger partial charge in [0.05, 0.1) is 0 Å². The topological polar surface area (TPSA) is 17.1 Å². The molecule has 0 spiro atoms. The Morgan fingerprint density at radius 1 is 1.17 bits per heavy atom. The Labute approximate surface area is 76.6 Å². The van der Waals surface area contributed by atoms with E-state index in [1.54, 1.807) is 0 Å². The van der Waals surface area contributed by atoms with Crippen molar-refractivity contribution in [1.29, 1.82) is 0 Å². The average molecular weight is 170 g/mol. The van der Waals surface area contributed by atoms with Gasteiger partial charge in [0, 0.05) is 12.3 Å². The van der Waals surface area contributed by atoms with Crippen molar-refractivity contribution >= 4 is 5.78 Å². The van der Waals surface area contributed by atoms with Gasteiger partial charge >= 0.3 is 0 Å². The maximum Gasteiger partial charge on any atom is 0.135 e. The zero-order valence-corrected chi connectivity index (χ0v) is 8.73. The number of hydrogen-bond acceptors (Lipinski definition) is 1. The van der Waals surface area contributed by atoms with Crippen molar-refractivity contribution in [2.45, 2.75) is 59.3 Å². The molecule has 0 bridgehead atoms. The first-order chi connectivity index (χ1) is 5.72. The van der Waals surface area contributed by atoms with E-state index in [2.05, 4.69) is 20.8 Å². The lowest BCUT2D eigenvalue weighted by Gasteiger charge is -2.07. The highest BCUT2D eigenvalue weighted by molar-refractivity contribution is 5.80. The molecule has 0 rings (SSSR count). The molecular formula is C11H22O. The third-order valence-electron chi connectivity index (χ3n) is 2.30. The maximum absolute atomic E-state index is 11.4. The minimum atomic E-state index is 0.298. The molecule has 0 radical (unpaired) electrons. The van der Waals surface area contributed by atoms with E-state index in [1.807, 2.05) is 0 Å². The van der Waals surface area contributed by atoms with E-state index in [0.717, 1.165) is 25.7 Å². The minimum absolute atomic E-state index is 0.298. The van der Waals surface area contributed by atoms with Crippen molar-refractivity contribution in [2.75, 3.05) is 0 Å². The molecule has 1 nitrogen and oxygen atoms in total. The lowest BCUT2D eigenvalue weighted by atomic mass is 9.97. The number of rotatable bonds is 7. The second-order valence-corrected chi connectivity index (χ2v) is 3.61. The van der Waals surface area contributed by atoms with Gasteiger partial charge in [-0.15, -0.1) is 0 Å². The number of Topliss-reactive ketones (excluding diaryl/α,β-unsaturated/α-hetero) is 1. The summed E-state index contributed by atoms with van der Waals surface area (Å²) in [5.74, 6) is 0.761. The zero-order chi connectivity index (χ0) is 9.40. The van der Waals surface area contributed by atoms with Gasteiger partial charge in [-0.1, -0.05) is 40.0 Å². The number of carbonyl (C=O) groups is 1. The second-order valence-electron chi connectivity index (χ2n) is 3.61. The molecule has 0 aliphatic rings. The summed E-state index contributed by atoms with van der Waals surface area (Å²) in [5, 5.41) is 0. The molecule has 12 heavy (non-hydrogen) atoms. The molecule has 0 saturated carbocycles. The van der Waals surface area contributed by atoms with E-state index >= 15 is 0 Å². The van der Waals surface area contributed by atoms with Gasteiger partial charge in [0.1, 0.15) is 5.78 Å². The quantitative estimate of drug-likeness (QED) is 0.534. The van der Waals surface area contributed by atoms with Gasteiger partial charge in [-0.3, -0.25) is 4.79 Å². The predicted octanol–water partition coefficient (Wildman–Crippen LogP) is 3.57. The van der Waals surface area contributed by atoms with Crippen molar-refractivity contribution in [1.82, 2.24) is 0 Å². The molecule has 1 atom stereocenters. The molecule has 0 N–H and O–H groups in total. The van der Waals surface area contributed by atoms with Crippen molar-refractivity contribution in [3.05, 3.63) is 0 Å². The number of carbonyl (C=O) groups excluding carboxylic acids is 1. The Hall–Kier alpha value is -0.330. The van der Waals surface area contributed by atoms with Gasteiger partial charge in [-0.2, -0.15) is 0 Å². The highest BCUT2D eigenvalue weighted by Crippen LogP contribution is 2.11. The Balaban J connectivity index is 3.43. The highest BCUT2D eigenvalue weighted by Gasteiger charge is 2.10. The largest absolute Gasteiger partial charge is 0.299 e. The Morgan fingerprint density at radius 2 is 1.83 bits per heavy atom. The van der Waals surface area contributed by atoms with Crippen LogP contribution in [0.2, 0.25) is 0 Å².